The second kappa shape index (κ2) is 2.69. The summed E-state index contributed by atoms with van der Waals surface area (Å²) in [5.74, 6) is -1.69. The van der Waals surface area contributed by atoms with E-state index in [0.717, 1.165) is 4.90 Å². The highest BCUT2D eigenvalue weighted by Crippen LogP contribution is 2.04. The van der Waals surface area contributed by atoms with Crippen LogP contribution in [0.1, 0.15) is 6.42 Å². The molecule has 5 nitrogen and oxygen atoms in total. The quantitative estimate of drug-likeness (QED) is 0.515. The molecule has 11 heavy (non-hydrogen) atoms. The van der Waals surface area contributed by atoms with E-state index in [1.54, 1.807) is 0 Å². The lowest BCUT2D eigenvalue weighted by Gasteiger charge is -2.09. The fourth-order valence-corrected chi connectivity index (χ4v) is 0.945. The van der Waals surface area contributed by atoms with Gasteiger partial charge in [0, 0.05) is 0 Å². The highest BCUT2D eigenvalue weighted by Gasteiger charge is 2.28. The van der Waals surface area contributed by atoms with Crippen molar-refractivity contribution in [2.45, 2.75) is 6.42 Å². The normalized spacial score (nSPS) is 17.6. The largest absolute Gasteiger partial charge is 0.480 e. The highest BCUT2D eigenvalue weighted by atomic mass is 16.4. The Balaban J connectivity index is 2.53. The van der Waals surface area contributed by atoms with Crippen LogP contribution in [0.15, 0.2) is 0 Å². The third-order valence-electron chi connectivity index (χ3n) is 1.39. The summed E-state index contributed by atoms with van der Waals surface area (Å²) < 4.78 is 0. The van der Waals surface area contributed by atoms with Gasteiger partial charge >= 0.3 is 5.97 Å². The number of carbonyl (C=O) groups excluding carboxylic acids is 2. The van der Waals surface area contributed by atoms with Crippen LogP contribution < -0.4 is 0 Å². The minimum absolute atomic E-state index is 0.0505. The van der Waals surface area contributed by atoms with E-state index in [0.29, 0.717) is 0 Å². The summed E-state index contributed by atoms with van der Waals surface area (Å²) in [6.07, 6.45) is -0.146. The maximum absolute atomic E-state index is 10.8. The lowest BCUT2D eigenvalue weighted by atomic mass is 10.3. The van der Waals surface area contributed by atoms with Crippen molar-refractivity contribution in [3.8, 4) is 0 Å². The second-order valence-electron chi connectivity index (χ2n) is 2.36. The molecular formula is C6H7NO4. The van der Waals surface area contributed by atoms with Gasteiger partial charge in [-0.25, -0.2) is 0 Å². The molecule has 1 saturated heterocycles. The molecule has 0 aromatic rings. The van der Waals surface area contributed by atoms with E-state index < -0.39 is 11.9 Å². The van der Waals surface area contributed by atoms with Gasteiger partial charge in [0.15, 0.2) is 5.78 Å². The number of rotatable bonds is 2. The first-order valence-electron chi connectivity index (χ1n) is 3.11. The molecule has 1 N–H and O–H groups in total. The van der Waals surface area contributed by atoms with Gasteiger partial charge in [-0.15, -0.1) is 0 Å². The van der Waals surface area contributed by atoms with Gasteiger partial charge in [-0.1, -0.05) is 0 Å². The van der Waals surface area contributed by atoms with Crippen LogP contribution in [0.25, 0.3) is 0 Å². The van der Waals surface area contributed by atoms with Crippen molar-refractivity contribution in [3.63, 3.8) is 0 Å². The number of likely N-dealkylation sites (tertiary alicyclic amines) is 1. The highest BCUT2D eigenvalue weighted by molar-refractivity contribution is 6.06. The van der Waals surface area contributed by atoms with Crippen molar-refractivity contribution in [2.24, 2.45) is 0 Å². The Labute approximate surface area is 62.6 Å². The van der Waals surface area contributed by atoms with Crippen molar-refractivity contribution in [3.05, 3.63) is 0 Å². The first kappa shape index (κ1) is 7.71. The Morgan fingerprint density at radius 1 is 1.55 bits per heavy atom. The third-order valence-corrected chi connectivity index (χ3v) is 1.39. The van der Waals surface area contributed by atoms with Gasteiger partial charge in [0.2, 0.25) is 5.91 Å². The van der Waals surface area contributed by atoms with Gasteiger partial charge in [0.05, 0.1) is 13.0 Å². The molecule has 1 rings (SSSR count). The van der Waals surface area contributed by atoms with Gasteiger partial charge in [0.1, 0.15) is 6.54 Å². The maximum Gasteiger partial charge on any atom is 0.323 e. The molecule has 0 atom stereocenters. The van der Waals surface area contributed by atoms with E-state index in [1.165, 1.54) is 0 Å². The number of nitrogens with zero attached hydrogens (tertiary/aromatic N) is 1. The second-order valence-corrected chi connectivity index (χ2v) is 2.36. The summed E-state index contributed by atoms with van der Waals surface area (Å²) in [7, 11) is 0. The summed E-state index contributed by atoms with van der Waals surface area (Å²) in [6, 6.07) is 0. The molecule has 5 heteroatoms. The number of hydrogen-bond donors (Lipinski definition) is 1. The van der Waals surface area contributed by atoms with E-state index >= 15 is 0 Å². The molecule has 60 valence electrons. The Kier molecular flexibility index (Phi) is 1.89. The zero-order valence-corrected chi connectivity index (χ0v) is 5.74. The molecule has 0 aliphatic carbocycles. The predicted octanol–water partition coefficient (Wildman–Crippen LogP) is -1.13. The van der Waals surface area contributed by atoms with E-state index in [9.17, 15) is 14.4 Å². The maximum atomic E-state index is 10.8. The lowest BCUT2D eigenvalue weighted by Crippen LogP contribution is -2.31. The summed E-state index contributed by atoms with van der Waals surface area (Å²) in [4.78, 5) is 32.5. The van der Waals surface area contributed by atoms with Gasteiger partial charge < -0.3 is 10.0 Å². The van der Waals surface area contributed by atoms with Crippen LogP contribution >= 0.6 is 0 Å². The number of hydrogen-bond acceptors (Lipinski definition) is 3. The zero-order chi connectivity index (χ0) is 8.43. The van der Waals surface area contributed by atoms with Gasteiger partial charge in [-0.05, 0) is 0 Å². The van der Waals surface area contributed by atoms with Crippen LogP contribution in [0.5, 0.6) is 0 Å². The Bertz CT molecular complexity index is 223. The molecule has 1 amide bonds. The predicted molar refractivity (Wildman–Crippen MR) is 33.8 cm³/mol. The lowest BCUT2D eigenvalue weighted by molar-refractivity contribution is -0.142. The van der Waals surface area contributed by atoms with Crippen LogP contribution in [0.4, 0.5) is 0 Å². The summed E-state index contributed by atoms with van der Waals surface area (Å²) in [5.41, 5.74) is 0. The molecule has 0 bridgehead atoms. The van der Waals surface area contributed by atoms with Crippen LogP contribution in [0.3, 0.4) is 0 Å². The van der Waals surface area contributed by atoms with Crippen molar-refractivity contribution in [2.75, 3.05) is 13.1 Å². The molecule has 1 aliphatic heterocycles. The minimum atomic E-state index is -1.09. The average Bonchev–Trinajstić information content (AvgIpc) is 2.09. The van der Waals surface area contributed by atoms with E-state index in [1.807, 2.05) is 0 Å². The number of carboxylic acid groups (broad SMARTS) is 1. The zero-order valence-electron chi connectivity index (χ0n) is 5.74. The molecule has 1 fully saturated rings. The third kappa shape index (κ3) is 1.76. The fourth-order valence-electron chi connectivity index (χ4n) is 0.945. The minimum Gasteiger partial charge on any atom is -0.480 e. The van der Waals surface area contributed by atoms with Crippen LogP contribution in [-0.4, -0.2) is 40.8 Å². The molecular weight excluding hydrogens is 150 g/mol. The molecule has 1 aliphatic rings. The molecule has 0 radical (unpaired) electrons. The summed E-state index contributed by atoms with van der Waals surface area (Å²) in [6.45, 7) is -0.421. The van der Waals surface area contributed by atoms with Crippen molar-refractivity contribution >= 4 is 17.7 Å². The number of ketones is 1. The van der Waals surface area contributed by atoms with Crippen molar-refractivity contribution < 1.29 is 19.5 Å². The Morgan fingerprint density at radius 3 is 2.55 bits per heavy atom. The van der Waals surface area contributed by atoms with E-state index in [4.69, 9.17) is 5.11 Å². The van der Waals surface area contributed by atoms with Gasteiger partial charge in [-0.2, -0.15) is 0 Å². The number of carbonyl (C=O) groups is 3. The van der Waals surface area contributed by atoms with Crippen LogP contribution in [0.2, 0.25) is 0 Å². The van der Waals surface area contributed by atoms with Crippen LogP contribution in [0, 0.1) is 0 Å². The standard InChI is InChI=1S/C6H7NO4/c8-4-1-5(9)7(2-4)3-6(10)11/h1-3H2,(H,10,11). The summed E-state index contributed by atoms with van der Waals surface area (Å²) >= 11 is 0. The molecule has 0 saturated carbocycles. The van der Waals surface area contributed by atoms with Crippen LogP contribution in [-0.2, 0) is 14.4 Å². The monoisotopic (exact) mass is 157 g/mol. The van der Waals surface area contributed by atoms with Crippen molar-refractivity contribution in [1.82, 2.24) is 4.90 Å². The molecule has 0 unspecified atom stereocenters. The SMILES string of the molecule is O=C(O)CN1CC(=O)CC1=O. The molecule has 1 heterocycles. The average molecular weight is 157 g/mol. The number of aliphatic carboxylic acids is 1. The van der Waals surface area contributed by atoms with Gasteiger partial charge in [0.25, 0.3) is 0 Å². The van der Waals surface area contributed by atoms with Crippen molar-refractivity contribution in [1.29, 1.82) is 0 Å². The number of carboxylic acids is 1. The number of Topliss-reactive ketones (excluding diaryl/α,β-unsaturated/α-hetero) is 1. The number of amides is 1. The fraction of sp³-hybridized carbons (Fsp3) is 0.500. The van der Waals surface area contributed by atoms with E-state index in [2.05, 4.69) is 0 Å². The Morgan fingerprint density at radius 2 is 2.18 bits per heavy atom. The Hall–Kier alpha value is -1.39. The first-order valence-corrected chi connectivity index (χ1v) is 3.11. The van der Waals surface area contributed by atoms with E-state index in [-0.39, 0.29) is 25.3 Å². The molecule has 0 aromatic carbocycles. The molecule has 0 aromatic heterocycles. The topological polar surface area (TPSA) is 74.7 Å². The van der Waals surface area contributed by atoms with Gasteiger partial charge in [-0.3, -0.25) is 14.4 Å². The first-order chi connectivity index (χ1) is 5.09. The summed E-state index contributed by atoms with van der Waals surface area (Å²) in [5, 5.41) is 8.27. The smallest absolute Gasteiger partial charge is 0.323 e. The molecule has 0 spiro atoms.